The fourth-order valence-corrected chi connectivity index (χ4v) is 3.71. The van der Waals surface area contributed by atoms with Crippen LogP contribution >= 0.6 is 0 Å². The van der Waals surface area contributed by atoms with Gasteiger partial charge in [0, 0.05) is 36.2 Å². The van der Waals surface area contributed by atoms with Crippen LogP contribution < -0.4 is 5.32 Å². The van der Waals surface area contributed by atoms with Crippen molar-refractivity contribution >= 4 is 5.91 Å². The summed E-state index contributed by atoms with van der Waals surface area (Å²) in [5, 5.41) is 3.08. The summed E-state index contributed by atoms with van der Waals surface area (Å²) in [6.45, 7) is 6.63. The molecule has 2 aromatic rings. The molecule has 0 radical (unpaired) electrons. The van der Waals surface area contributed by atoms with Gasteiger partial charge in [-0.3, -0.25) is 9.78 Å². The number of rotatable bonds is 5. The number of aromatic nitrogens is 3. The second-order valence-corrected chi connectivity index (χ2v) is 7.31. The lowest BCUT2D eigenvalue weighted by Gasteiger charge is -2.19. The van der Waals surface area contributed by atoms with E-state index in [0.29, 0.717) is 12.5 Å². The number of nitrogens with one attached hydrogen (secondary N) is 1. The van der Waals surface area contributed by atoms with E-state index in [1.54, 1.807) is 12.5 Å². The second kappa shape index (κ2) is 8.45. The number of carbonyl (C=O) groups excluding carboxylic acids is 1. The Morgan fingerprint density at radius 2 is 2.23 bits per heavy atom. The molecule has 1 fully saturated rings. The van der Waals surface area contributed by atoms with Crippen molar-refractivity contribution < 1.29 is 4.79 Å². The van der Waals surface area contributed by atoms with Gasteiger partial charge in [-0.25, -0.2) is 4.98 Å². The van der Waals surface area contributed by atoms with Crippen LogP contribution in [0.15, 0.2) is 30.9 Å². The SMILES string of the molecule is Cc1cncn1C(C)C(=O)NCc1cccnc1C1CCCN(C)CC1. The number of pyridine rings is 1. The number of likely N-dealkylation sites (tertiary alicyclic amines) is 1. The average Bonchev–Trinajstić information content (AvgIpc) is 2.96. The highest BCUT2D eigenvalue weighted by Gasteiger charge is 2.21. The molecule has 2 unspecified atom stereocenters. The van der Waals surface area contributed by atoms with Crippen LogP contribution in [0.3, 0.4) is 0 Å². The van der Waals surface area contributed by atoms with E-state index in [1.807, 2.05) is 30.7 Å². The third kappa shape index (κ3) is 4.30. The van der Waals surface area contributed by atoms with E-state index < -0.39 is 0 Å². The molecule has 0 spiro atoms. The summed E-state index contributed by atoms with van der Waals surface area (Å²) >= 11 is 0. The zero-order chi connectivity index (χ0) is 18.5. The molecule has 0 saturated carbocycles. The molecule has 2 atom stereocenters. The predicted octanol–water partition coefficient (Wildman–Crippen LogP) is 2.66. The smallest absolute Gasteiger partial charge is 0.243 e. The molecule has 6 heteroatoms. The van der Waals surface area contributed by atoms with Crippen molar-refractivity contribution in [3.05, 3.63) is 47.8 Å². The van der Waals surface area contributed by atoms with E-state index in [0.717, 1.165) is 42.9 Å². The van der Waals surface area contributed by atoms with Gasteiger partial charge in [0.05, 0.1) is 6.33 Å². The average molecular weight is 355 g/mol. The minimum absolute atomic E-state index is 0.00139. The van der Waals surface area contributed by atoms with Gasteiger partial charge in [0.25, 0.3) is 0 Å². The summed E-state index contributed by atoms with van der Waals surface area (Å²) in [5.74, 6) is 0.475. The maximum absolute atomic E-state index is 12.6. The quantitative estimate of drug-likeness (QED) is 0.896. The molecule has 3 rings (SSSR count). The van der Waals surface area contributed by atoms with Crippen LogP contribution in [0.4, 0.5) is 0 Å². The Kier molecular flexibility index (Phi) is 6.04. The Morgan fingerprint density at radius 3 is 3.00 bits per heavy atom. The molecular weight excluding hydrogens is 326 g/mol. The maximum Gasteiger partial charge on any atom is 0.243 e. The Balaban J connectivity index is 1.67. The van der Waals surface area contributed by atoms with Crippen LogP contribution in [0, 0.1) is 6.92 Å². The fraction of sp³-hybridized carbons (Fsp3) is 0.550. The normalized spacial score (nSPS) is 19.7. The minimum atomic E-state index is -0.274. The van der Waals surface area contributed by atoms with Crippen molar-refractivity contribution in [2.45, 2.75) is 51.6 Å². The zero-order valence-corrected chi connectivity index (χ0v) is 16.0. The van der Waals surface area contributed by atoms with Crippen LogP contribution in [0.25, 0.3) is 0 Å². The molecule has 1 amide bonds. The number of carbonyl (C=O) groups is 1. The lowest BCUT2D eigenvalue weighted by molar-refractivity contribution is -0.124. The minimum Gasteiger partial charge on any atom is -0.350 e. The summed E-state index contributed by atoms with van der Waals surface area (Å²) < 4.78 is 1.89. The van der Waals surface area contributed by atoms with Crippen LogP contribution in [0.2, 0.25) is 0 Å². The Labute approximate surface area is 155 Å². The number of hydrogen-bond donors (Lipinski definition) is 1. The van der Waals surface area contributed by atoms with Gasteiger partial charge >= 0.3 is 0 Å². The van der Waals surface area contributed by atoms with Crippen molar-refractivity contribution in [2.75, 3.05) is 20.1 Å². The number of aryl methyl sites for hydroxylation is 1. The molecule has 26 heavy (non-hydrogen) atoms. The second-order valence-electron chi connectivity index (χ2n) is 7.31. The van der Waals surface area contributed by atoms with E-state index in [2.05, 4.69) is 33.3 Å². The van der Waals surface area contributed by atoms with Crippen molar-refractivity contribution in [2.24, 2.45) is 0 Å². The van der Waals surface area contributed by atoms with Gasteiger partial charge < -0.3 is 14.8 Å². The van der Waals surface area contributed by atoms with Gasteiger partial charge in [-0.1, -0.05) is 6.07 Å². The molecule has 0 aromatic carbocycles. The third-order valence-electron chi connectivity index (χ3n) is 5.37. The fourth-order valence-electron chi connectivity index (χ4n) is 3.71. The lowest BCUT2D eigenvalue weighted by Crippen LogP contribution is -2.31. The van der Waals surface area contributed by atoms with Gasteiger partial charge in [-0.15, -0.1) is 0 Å². The maximum atomic E-state index is 12.6. The first-order chi connectivity index (χ1) is 12.6. The van der Waals surface area contributed by atoms with E-state index in [-0.39, 0.29) is 11.9 Å². The van der Waals surface area contributed by atoms with Crippen LogP contribution in [0.5, 0.6) is 0 Å². The number of nitrogens with zero attached hydrogens (tertiary/aromatic N) is 4. The molecule has 0 aliphatic carbocycles. The molecule has 0 bridgehead atoms. The summed E-state index contributed by atoms with van der Waals surface area (Å²) in [4.78, 5) is 23.7. The monoisotopic (exact) mass is 355 g/mol. The molecule has 3 heterocycles. The topological polar surface area (TPSA) is 63.1 Å². The largest absolute Gasteiger partial charge is 0.350 e. The van der Waals surface area contributed by atoms with Crippen molar-refractivity contribution in [1.82, 2.24) is 24.8 Å². The molecule has 1 N–H and O–H groups in total. The number of amides is 1. The Hall–Kier alpha value is -2.21. The van der Waals surface area contributed by atoms with Gasteiger partial charge in [0.2, 0.25) is 5.91 Å². The van der Waals surface area contributed by atoms with Crippen molar-refractivity contribution in [3.63, 3.8) is 0 Å². The van der Waals surface area contributed by atoms with Gasteiger partial charge in [-0.2, -0.15) is 0 Å². The number of imidazole rings is 1. The standard InChI is InChI=1S/C20H29N5O/c1-15-12-21-14-25(15)16(2)20(26)23-13-18-6-4-9-22-19(18)17-7-5-10-24(3)11-8-17/h4,6,9,12,14,16-17H,5,7-8,10-11,13H2,1-3H3,(H,23,26). The van der Waals surface area contributed by atoms with Crippen LogP contribution in [-0.2, 0) is 11.3 Å². The third-order valence-corrected chi connectivity index (χ3v) is 5.37. The zero-order valence-electron chi connectivity index (χ0n) is 16.0. The predicted molar refractivity (Wildman–Crippen MR) is 102 cm³/mol. The van der Waals surface area contributed by atoms with E-state index in [1.165, 1.54) is 6.42 Å². The summed E-state index contributed by atoms with van der Waals surface area (Å²) in [7, 11) is 2.18. The van der Waals surface area contributed by atoms with E-state index >= 15 is 0 Å². The first-order valence-corrected chi connectivity index (χ1v) is 9.44. The summed E-state index contributed by atoms with van der Waals surface area (Å²) in [5.41, 5.74) is 3.26. The Morgan fingerprint density at radius 1 is 1.38 bits per heavy atom. The molecule has 1 aliphatic heterocycles. The lowest BCUT2D eigenvalue weighted by atomic mass is 9.93. The first kappa shape index (κ1) is 18.6. The van der Waals surface area contributed by atoms with Crippen molar-refractivity contribution in [3.8, 4) is 0 Å². The van der Waals surface area contributed by atoms with E-state index in [9.17, 15) is 4.79 Å². The van der Waals surface area contributed by atoms with Crippen LogP contribution in [-0.4, -0.2) is 45.5 Å². The number of hydrogen-bond acceptors (Lipinski definition) is 4. The highest BCUT2D eigenvalue weighted by Crippen LogP contribution is 2.28. The molecule has 6 nitrogen and oxygen atoms in total. The first-order valence-electron chi connectivity index (χ1n) is 9.44. The highest BCUT2D eigenvalue weighted by atomic mass is 16.2. The molecule has 2 aromatic heterocycles. The van der Waals surface area contributed by atoms with E-state index in [4.69, 9.17) is 0 Å². The molecular formula is C20H29N5O. The summed E-state index contributed by atoms with van der Waals surface area (Å²) in [6.07, 6.45) is 8.82. The van der Waals surface area contributed by atoms with Crippen molar-refractivity contribution in [1.29, 1.82) is 0 Å². The van der Waals surface area contributed by atoms with Crippen LogP contribution in [0.1, 0.15) is 55.1 Å². The van der Waals surface area contributed by atoms with Gasteiger partial charge in [-0.05, 0) is 64.9 Å². The Bertz CT molecular complexity index is 741. The summed E-state index contributed by atoms with van der Waals surface area (Å²) in [6, 6.07) is 3.77. The van der Waals surface area contributed by atoms with Gasteiger partial charge in [0.15, 0.2) is 0 Å². The highest BCUT2D eigenvalue weighted by molar-refractivity contribution is 5.80. The molecule has 1 saturated heterocycles. The molecule has 1 aliphatic rings. The van der Waals surface area contributed by atoms with Gasteiger partial charge in [0.1, 0.15) is 6.04 Å². The molecule has 140 valence electrons.